The van der Waals surface area contributed by atoms with E-state index in [2.05, 4.69) is 38.8 Å². The fourth-order valence-corrected chi connectivity index (χ4v) is 5.80. The molecule has 1 unspecified atom stereocenters. The van der Waals surface area contributed by atoms with E-state index in [0.29, 0.717) is 31.1 Å². The predicted molar refractivity (Wildman–Crippen MR) is 135 cm³/mol. The van der Waals surface area contributed by atoms with Gasteiger partial charge in [-0.2, -0.15) is 0 Å². The highest BCUT2D eigenvalue weighted by Gasteiger charge is 2.33. The van der Waals surface area contributed by atoms with E-state index >= 15 is 0 Å². The molecule has 1 aliphatic carbocycles. The highest BCUT2D eigenvalue weighted by molar-refractivity contribution is 7.99. The van der Waals surface area contributed by atoms with Crippen LogP contribution in [0.2, 0.25) is 13.1 Å². The number of aromatic nitrogens is 2. The summed E-state index contributed by atoms with van der Waals surface area (Å²) in [6, 6.07) is 9.94. The first-order chi connectivity index (χ1) is 15.1. The van der Waals surface area contributed by atoms with Gasteiger partial charge in [-0.3, -0.25) is 14.3 Å². The maximum absolute atomic E-state index is 13.0. The minimum atomic E-state index is -1.14. The van der Waals surface area contributed by atoms with Crippen LogP contribution in [0.1, 0.15) is 46.1 Å². The summed E-state index contributed by atoms with van der Waals surface area (Å²) in [5.74, 6) is 0.527. The van der Waals surface area contributed by atoms with Crippen LogP contribution < -0.4 is 11.2 Å². The molecule has 5 nitrogen and oxygen atoms in total. The number of rotatable bonds is 8. The van der Waals surface area contributed by atoms with Crippen LogP contribution in [0.25, 0.3) is 0 Å². The number of benzene rings is 1. The van der Waals surface area contributed by atoms with Crippen molar-refractivity contribution in [1.29, 1.82) is 0 Å². The van der Waals surface area contributed by atoms with Crippen molar-refractivity contribution in [3.63, 3.8) is 0 Å². The molecule has 0 radical (unpaired) electrons. The lowest BCUT2D eigenvalue weighted by Crippen LogP contribution is -2.34. The molecular formula is C25H36N2O3SSi. The van der Waals surface area contributed by atoms with E-state index in [0.717, 1.165) is 22.8 Å². The van der Waals surface area contributed by atoms with E-state index in [1.807, 2.05) is 37.3 Å². The van der Waals surface area contributed by atoms with Gasteiger partial charge in [0, 0.05) is 17.0 Å². The van der Waals surface area contributed by atoms with Gasteiger partial charge in [0.15, 0.2) is 9.04 Å². The van der Waals surface area contributed by atoms with E-state index < -0.39 is 9.04 Å². The Bertz CT molecular complexity index is 1080. The summed E-state index contributed by atoms with van der Waals surface area (Å²) in [6.07, 6.45) is 2.55. The number of hydrogen-bond acceptors (Lipinski definition) is 4. The Balaban J connectivity index is 2.04. The summed E-state index contributed by atoms with van der Waals surface area (Å²) in [5.41, 5.74) is 2.85. The van der Waals surface area contributed by atoms with Crippen LogP contribution in [0.3, 0.4) is 0 Å². The van der Waals surface area contributed by atoms with Gasteiger partial charge in [0.05, 0.1) is 11.6 Å². The molecule has 1 atom stereocenters. The maximum Gasteiger partial charge on any atom is 0.329 e. The molecule has 7 heteroatoms. The fourth-order valence-electron chi connectivity index (χ4n) is 4.13. The molecule has 0 saturated heterocycles. The Morgan fingerprint density at radius 2 is 1.78 bits per heavy atom. The first-order valence-electron chi connectivity index (χ1n) is 11.5. The van der Waals surface area contributed by atoms with E-state index in [1.165, 1.54) is 22.9 Å². The van der Waals surface area contributed by atoms with Gasteiger partial charge in [-0.15, -0.1) is 0 Å². The van der Waals surface area contributed by atoms with Gasteiger partial charge in [-0.05, 0) is 67.0 Å². The van der Waals surface area contributed by atoms with Crippen molar-refractivity contribution in [2.24, 2.45) is 11.3 Å². The molecule has 1 heterocycles. The van der Waals surface area contributed by atoms with Crippen LogP contribution in [-0.2, 0) is 17.4 Å². The van der Waals surface area contributed by atoms with Crippen LogP contribution in [0, 0.1) is 11.3 Å². The number of aromatic amines is 1. The number of H-pyrrole nitrogens is 1. The van der Waals surface area contributed by atoms with Crippen LogP contribution in [0.15, 0.2) is 61.0 Å². The van der Waals surface area contributed by atoms with Crippen molar-refractivity contribution in [3.05, 3.63) is 67.9 Å². The Morgan fingerprint density at radius 3 is 2.38 bits per heavy atom. The molecule has 0 spiro atoms. The van der Waals surface area contributed by atoms with Gasteiger partial charge >= 0.3 is 5.69 Å². The Labute approximate surface area is 197 Å². The third-order valence-corrected chi connectivity index (χ3v) is 8.21. The maximum atomic E-state index is 13.0. The molecule has 0 bridgehead atoms. The topological polar surface area (TPSA) is 64.1 Å². The molecule has 1 N–H and O–H groups in total. The zero-order chi connectivity index (χ0) is 23.5. The van der Waals surface area contributed by atoms with E-state index in [4.69, 9.17) is 4.43 Å². The molecular weight excluding hydrogens is 436 g/mol. The fraction of sp³-hybridized carbons (Fsp3) is 0.520. The lowest BCUT2D eigenvalue weighted by Gasteiger charge is -2.27. The van der Waals surface area contributed by atoms with E-state index in [1.54, 1.807) is 4.57 Å². The molecule has 3 rings (SSSR count). The van der Waals surface area contributed by atoms with Gasteiger partial charge in [0.1, 0.15) is 0 Å². The lowest BCUT2D eigenvalue weighted by atomic mass is 9.78. The Kier molecular flexibility index (Phi) is 8.06. The molecule has 0 amide bonds. The van der Waals surface area contributed by atoms with Crippen molar-refractivity contribution >= 4 is 20.8 Å². The van der Waals surface area contributed by atoms with Gasteiger partial charge < -0.3 is 4.43 Å². The van der Waals surface area contributed by atoms with Crippen molar-refractivity contribution in [2.45, 2.75) is 76.5 Å². The average molecular weight is 473 g/mol. The molecule has 1 aromatic heterocycles. The van der Waals surface area contributed by atoms with Gasteiger partial charge in [-0.25, -0.2) is 4.79 Å². The highest BCUT2D eigenvalue weighted by atomic mass is 32.2. The minimum absolute atomic E-state index is 0.189. The third kappa shape index (κ3) is 5.94. The normalized spacial score (nSPS) is 16.9. The zero-order valence-corrected chi connectivity index (χ0v) is 22.1. The smallest absolute Gasteiger partial charge is 0.329 e. The van der Waals surface area contributed by atoms with Crippen molar-refractivity contribution in [1.82, 2.24) is 9.55 Å². The standard InChI is InChI=1S/C25H36N2O3SSi/c1-7-21-22(28)26-24(29)27(23(21)31-20-11-9-8-10-12-20)15-17-13-19(25(2,3)4)14-18(17)16-30-32(5)6/h8-12,19,32H,7,13-16H2,1-6H3,(H,26,28,29). The molecule has 0 saturated carbocycles. The number of nitrogens with one attached hydrogen (secondary N) is 1. The average Bonchev–Trinajstić information content (AvgIpc) is 3.13. The quantitative estimate of drug-likeness (QED) is 0.333. The van der Waals surface area contributed by atoms with Crippen LogP contribution in [0.5, 0.6) is 0 Å². The second-order valence-electron chi connectivity index (χ2n) is 9.94. The molecule has 1 aliphatic rings. The summed E-state index contributed by atoms with van der Waals surface area (Å²) in [5, 5.41) is 0.748. The second kappa shape index (κ2) is 10.4. The highest BCUT2D eigenvalue weighted by Crippen LogP contribution is 2.43. The molecule has 1 aromatic carbocycles. The van der Waals surface area contributed by atoms with Crippen molar-refractivity contribution < 1.29 is 4.43 Å². The zero-order valence-electron chi connectivity index (χ0n) is 20.2. The van der Waals surface area contributed by atoms with Gasteiger partial charge in [0.25, 0.3) is 5.56 Å². The number of hydrogen-bond donors (Lipinski definition) is 1. The first-order valence-corrected chi connectivity index (χ1v) is 15.1. The van der Waals surface area contributed by atoms with Gasteiger partial charge in [-0.1, -0.05) is 57.7 Å². The summed E-state index contributed by atoms with van der Waals surface area (Å²) in [6.45, 7) is 14.4. The second-order valence-corrected chi connectivity index (χ2v) is 13.4. The SMILES string of the molecule is CCc1c(Sc2ccccc2)n(CC2=C(CO[SiH](C)C)CC(C(C)(C)C)C2)c(=O)[nH]c1=O. The molecule has 2 aromatic rings. The molecule has 32 heavy (non-hydrogen) atoms. The number of nitrogens with zero attached hydrogens (tertiary/aromatic N) is 1. The lowest BCUT2D eigenvalue weighted by molar-refractivity contribution is 0.243. The van der Waals surface area contributed by atoms with Crippen LogP contribution in [0.4, 0.5) is 0 Å². The van der Waals surface area contributed by atoms with E-state index in [9.17, 15) is 9.59 Å². The number of allylic oxidation sites excluding steroid dienone is 1. The van der Waals surface area contributed by atoms with Crippen molar-refractivity contribution in [2.75, 3.05) is 6.61 Å². The summed E-state index contributed by atoms with van der Waals surface area (Å²) >= 11 is 1.50. The van der Waals surface area contributed by atoms with Crippen LogP contribution in [-0.4, -0.2) is 25.2 Å². The summed E-state index contributed by atoms with van der Waals surface area (Å²) in [7, 11) is -1.14. The largest absolute Gasteiger partial charge is 0.417 e. The minimum Gasteiger partial charge on any atom is -0.417 e. The molecule has 174 valence electrons. The predicted octanol–water partition coefficient (Wildman–Crippen LogP) is 5.00. The molecule has 0 aliphatic heterocycles. The monoisotopic (exact) mass is 472 g/mol. The van der Waals surface area contributed by atoms with Gasteiger partial charge in [0.2, 0.25) is 0 Å². The third-order valence-electron chi connectivity index (χ3n) is 6.20. The first kappa shape index (κ1) is 24.8. The molecule has 0 fully saturated rings. The Hall–Kier alpha value is -1.83. The Morgan fingerprint density at radius 1 is 1.12 bits per heavy atom. The van der Waals surface area contributed by atoms with Crippen LogP contribution >= 0.6 is 11.8 Å². The summed E-state index contributed by atoms with van der Waals surface area (Å²) in [4.78, 5) is 29.2. The summed E-state index contributed by atoms with van der Waals surface area (Å²) < 4.78 is 7.87. The van der Waals surface area contributed by atoms with Crippen molar-refractivity contribution in [3.8, 4) is 0 Å². The van der Waals surface area contributed by atoms with E-state index in [-0.39, 0.29) is 16.7 Å².